The van der Waals surface area contributed by atoms with E-state index in [1.54, 1.807) is 26.8 Å². The molecule has 4 nitrogen and oxygen atoms in total. The van der Waals surface area contributed by atoms with Gasteiger partial charge in [0.1, 0.15) is 11.8 Å². The minimum atomic E-state index is -0.777. The first-order valence-electron chi connectivity index (χ1n) is 4.39. The number of aromatic nitrogens is 2. The van der Waals surface area contributed by atoms with Gasteiger partial charge >= 0.3 is 6.01 Å². The Balaban J connectivity index is 3.03. The minimum Gasteiger partial charge on any atom is -0.444 e. The molecule has 0 atom stereocenters. The van der Waals surface area contributed by atoms with Crippen LogP contribution in [0.4, 0.5) is 0 Å². The van der Waals surface area contributed by atoms with Gasteiger partial charge in [0, 0.05) is 5.69 Å². The summed E-state index contributed by atoms with van der Waals surface area (Å²) in [6, 6.07) is 3.64. The third kappa shape index (κ3) is 2.96. The Morgan fingerprint density at radius 2 is 2.13 bits per heavy atom. The number of terminal acetylenes is 1. The molecular formula is C11H11N3O. The fourth-order valence-electron chi connectivity index (χ4n) is 0.902. The number of ether oxygens (including phenoxy) is 1. The van der Waals surface area contributed by atoms with E-state index < -0.39 is 5.60 Å². The van der Waals surface area contributed by atoms with E-state index in [0.717, 1.165) is 0 Å². The monoisotopic (exact) mass is 201 g/mol. The highest BCUT2D eigenvalue weighted by molar-refractivity contribution is 5.24. The van der Waals surface area contributed by atoms with Crippen molar-refractivity contribution in [3.8, 4) is 24.4 Å². The van der Waals surface area contributed by atoms with Crippen molar-refractivity contribution in [2.45, 2.75) is 26.4 Å². The minimum absolute atomic E-state index is 0.134. The molecule has 0 saturated carbocycles. The maximum atomic E-state index is 8.71. The van der Waals surface area contributed by atoms with E-state index in [1.165, 1.54) is 0 Å². The first kappa shape index (κ1) is 11.0. The molecule has 0 N–H and O–H groups in total. The second-order valence-electron chi connectivity index (χ2n) is 3.55. The summed E-state index contributed by atoms with van der Waals surface area (Å²) in [4.78, 5) is 7.93. The average Bonchev–Trinajstić information content (AvgIpc) is 2.16. The van der Waals surface area contributed by atoms with Gasteiger partial charge in [-0.2, -0.15) is 10.2 Å². The van der Waals surface area contributed by atoms with Crippen LogP contribution < -0.4 is 4.74 Å². The molecule has 0 aliphatic carbocycles. The Morgan fingerprint density at radius 1 is 1.47 bits per heavy atom. The Morgan fingerprint density at radius 3 is 2.67 bits per heavy atom. The Kier molecular flexibility index (Phi) is 2.92. The summed E-state index contributed by atoms with van der Waals surface area (Å²) in [6.45, 7) is 5.22. The highest BCUT2D eigenvalue weighted by Crippen LogP contribution is 2.13. The molecule has 0 amide bonds. The van der Waals surface area contributed by atoms with Gasteiger partial charge in [-0.15, -0.1) is 6.42 Å². The Hall–Kier alpha value is -2.07. The van der Waals surface area contributed by atoms with E-state index >= 15 is 0 Å². The topological polar surface area (TPSA) is 58.8 Å². The number of nitriles is 1. The summed E-state index contributed by atoms with van der Waals surface area (Å²) >= 11 is 0. The molecule has 0 aromatic carbocycles. The third-order valence-electron chi connectivity index (χ3n) is 1.64. The Bertz CT molecular complexity index is 452. The zero-order valence-corrected chi connectivity index (χ0v) is 8.90. The van der Waals surface area contributed by atoms with Gasteiger partial charge in [0.2, 0.25) is 0 Å². The van der Waals surface area contributed by atoms with Crippen molar-refractivity contribution in [1.29, 1.82) is 5.26 Å². The zero-order chi connectivity index (χ0) is 11.5. The molecular weight excluding hydrogens is 190 g/mol. The number of hydrogen-bond donors (Lipinski definition) is 0. The van der Waals surface area contributed by atoms with Gasteiger partial charge in [-0.05, 0) is 26.8 Å². The van der Waals surface area contributed by atoms with Gasteiger partial charge in [0.25, 0.3) is 0 Å². The van der Waals surface area contributed by atoms with Crippen LogP contribution in [0, 0.1) is 30.6 Å². The molecule has 1 aromatic heterocycles. The summed E-state index contributed by atoms with van der Waals surface area (Å²) in [5.41, 5.74) is 0.162. The molecule has 76 valence electrons. The highest BCUT2D eigenvalue weighted by atomic mass is 16.5. The van der Waals surface area contributed by atoms with Crippen molar-refractivity contribution in [3.05, 3.63) is 17.5 Å². The van der Waals surface area contributed by atoms with Crippen LogP contribution in [0.2, 0.25) is 0 Å². The Labute approximate surface area is 88.9 Å². The molecule has 0 aliphatic heterocycles. The molecule has 0 unspecified atom stereocenters. The van der Waals surface area contributed by atoms with Crippen LogP contribution in [0.3, 0.4) is 0 Å². The van der Waals surface area contributed by atoms with Gasteiger partial charge in [0.15, 0.2) is 5.60 Å². The predicted molar refractivity (Wildman–Crippen MR) is 55.0 cm³/mol. The molecule has 0 radical (unpaired) electrons. The number of rotatable bonds is 2. The largest absolute Gasteiger partial charge is 0.444 e. The van der Waals surface area contributed by atoms with Crippen molar-refractivity contribution >= 4 is 0 Å². The maximum Gasteiger partial charge on any atom is 0.319 e. The molecule has 4 heteroatoms. The zero-order valence-electron chi connectivity index (χ0n) is 8.90. The van der Waals surface area contributed by atoms with Gasteiger partial charge in [-0.3, -0.25) is 0 Å². The molecule has 15 heavy (non-hydrogen) atoms. The predicted octanol–water partition coefficient (Wildman–Crippen LogP) is 1.45. The summed E-state index contributed by atoms with van der Waals surface area (Å²) in [6.07, 6.45) is 5.27. The lowest BCUT2D eigenvalue weighted by molar-refractivity contribution is 0.156. The first-order valence-corrected chi connectivity index (χ1v) is 4.39. The van der Waals surface area contributed by atoms with Crippen LogP contribution >= 0.6 is 0 Å². The molecule has 0 fully saturated rings. The van der Waals surface area contributed by atoms with Gasteiger partial charge in [-0.1, -0.05) is 5.92 Å². The molecule has 1 heterocycles. The van der Waals surface area contributed by atoms with Crippen LogP contribution in [-0.4, -0.2) is 15.6 Å². The SMILES string of the molecule is C#CC(C)(C)Oc1nc(C)cc(C#N)n1. The molecule has 0 bridgehead atoms. The van der Waals surface area contributed by atoms with Crippen LogP contribution in [0.15, 0.2) is 6.07 Å². The number of nitrogens with zero attached hydrogens (tertiary/aromatic N) is 3. The number of hydrogen-bond acceptors (Lipinski definition) is 4. The quantitative estimate of drug-likeness (QED) is 0.679. The lowest BCUT2D eigenvalue weighted by atomic mass is 10.1. The van der Waals surface area contributed by atoms with Crippen molar-refractivity contribution in [2.75, 3.05) is 0 Å². The third-order valence-corrected chi connectivity index (χ3v) is 1.64. The lowest BCUT2D eigenvalue weighted by Gasteiger charge is -2.18. The van der Waals surface area contributed by atoms with Crippen LogP contribution in [-0.2, 0) is 0 Å². The molecule has 1 aromatic rings. The summed E-state index contributed by atoms with van der Waals surface area (Å²) in [5.74, 6) is 2.46. The summed E-state index contributed by atoms with van der Waals surface area (Å²) in [5, 5.41) is 8.71. The fraction of sp³-hybridized carbons (Fsp3) is 0.364. The second-order valence-corrected chi connectivity index (χ2v) is 3.55. The molecule has 0 spiro atoms. The molecule has 1 rings (SSSR count). The number of aryl methyl sites for hydroxylation is 1. The maximum absolute atomic E-state index is 8.71. The van der Waals surface area contributed by atoms with Crippen LogP contribution in [0.5, 0.6) is 6.01 Å². The van der Waals surface area contributed by atoms with Crippen molar-refractivity contribution in [2.24, 2.45) is 0 Å². The van der Waals surface area contributed by atoms with Gasteiger partial charge in [-0.25, -0.2) is 4.98 Å². The second kappa shape index (κ2) is 3.98. The van der Waals surface area contributed by atoms with E-state index in [0.29, 0.717) is 5.69 Å². The van der Waals surface area contributed by atoms with E-state index in [1.807, 2.05) is 6.07 Å². The van der Waals surface area contributed by atoms with Crippen molar-refractivity contribution in [3.63, 3.8) is 0 Å². The van der Waals surface area contributed by atoms with Crippen molar-refractivity contribution < 1.29 is 4.74 Å². The van der Waals surface area contributed by atoms with E-state index in [-0.39, 0.29) is 11.7 Å². The smallest absolute Gasteiger partial charge is 0.319 e. The van der Waals surface area contributed by atoms with Gasteiger partial charge in [0.05, 0.1) is 0 Å². The van der Waals surface area contributed by atoms with E-state index in [2.05, 4.69) is 15.9 Å². The summed E-state index contributed by atoms with van der Waals surface area (Å²) < 4.78 is 5.36. The average molecular weight is 201 g/mol. The normalized spacial score (nSPS) is 10.2. The van der Waals surface area contributed by atoms with Crippen molar-refractivity contribution in [1.82, 2.24) is 9.97 Å². The summed E-state index contributed by atoms with van der Waals surface area (Å²) in [7, 11) is 0. The molecule has 0 aliphatic rings. The molecule has 0 saturated heterocycles. The highest BCUT2D eigenvalue weighted by Gasteiger charge is 2.17. The van der Waals surface area contributed by atoms with E-state index in [9.17, 15) is 0 Å². The first-order chi connectivity index (χ1) is 6.96. The standard InChI is InChI=1S/C11H11N3O/c1-5-11(3,4)15-10-13-8(2)6-9(7-12)14-10/h1,6H,2-4H3. The van der Waals surface area contributed by atoms with Crippen LogP contribution in [0.25, 0.3) is 0 Å². The van der Waals surface area contributed by atoms with Crippen LogP contribution in [0.1, 0.15) is 25.2 Å². The van der Waals surface area contributed by atoms with E-state index in [4.69, 9.17) is 16.4 Å². The fourth-order valence-corrected chi connectivity index (χ4v) is 0.902. The lowest BCUT2D eigenvalue weighted by Crippen LogP contribution is -2.26. The van der Waals surface area contributed by atoms with Gasteiger partial charge < -0.3 is 4.74 Å².